The molecule has 1 atom stereocenters. The van der Waals surface area contributed by atoms with Crippen LogP contribution in [0.5, 0.6) is 11.5 Å². The summed E-state index contributed by atoms with van der Waals surface area (Å²) in [7, 11) is 1.63. The van der Waals surface area contributed by atoms with Crippen molar-refractivity contribution in [3.8, 4) is 11.5 Å². The van der Waals surface area contributed by atoms with Crippen molar-refractivity contribution < 1.29 is 14.3 Å². The molecule has 0 saturated heterocycles. The van der Waals surface area contributed by atoms with E-state index >= 15 is 0 Å². The van der Waals surface area contributed by atoms with Gasteiger partial charge in [-0.1, -0.05) is 6.07 Å². The van der Waals surface area contributed by atoms with Crippen LogP contribution in [-0.2, 0) is 11.2 Å². The number of rotatable bonds is 4. The van der Waals surface area contributed by atoms with Crippen LogP contribution in [0.1, 0.15) is 37.4 Å². The van der Waals surface area contributed by atoms with E-state index in [0.29, 0.717) is 12.8 Å². The van der Waals surface area contributed by atoms with Gasteiger partial charge in [-0.25, -0.2) is 0 Å². The second kappa shape index (κ2) is 6.51. The Kier molecular flexibility index (Phi) is 4.42. The van der Waals surface area contributed by atoms with Crippen molar-refractivity contribution in [3.63, 3.8) is 0 Å². The standard InChI is InChI=1S/C19H22N2O3/c1-19(2)11-16(15-7-6-14(23-3)10-17(15)24-19)21-18(22)9-13-5-4-8-20-12-13/h4-8,10,12,16H,9,11H2,1-3H3,(H,21,22)/t16-/m0/s1. The summed E-state index contributed by atoms with van der Waals surface area (Å²) in [6.45, 7) is 4.05. The zero-order chi connectivity index (χ0) is 17.2. The Morgan fingerprint density at radius 3 is 2.96 bits per heavy atom. The number of fused-ring (bicyclic) bond motifs is 1. The average Bonchev–Trinajstić information content (AvgIpc) is 2.54. The first kappa shape index (κ1) is 16.3. The molecule has 3 rings (SSSR count). The van der Waals surface area contributed by atoms with Crippen molar-refractivity contribution in [3.05, 3.63) is 53.9 Å². The quantitative estimate of drug-likeness (QED) is 0.938. The lowest BCUT2D eigenvalue weighted by Crippen LogP contribution is -2.41. The van der Waals surface area contributed by atoms with Crippen LogP contribution >= 0.6 is 0 Å². The number of carbonyl (C=O) groups is 1. The van der Waals surface area contributed by atoms with Gasteiger partial charge in [-0.15, -0.1) is 0 Å². The molecule has 0 unspecified atom stereocenters. The molecule has 2 heterocycles. The van der Waals surface area contributed by atoms with E-state index in [4.69, 9.17) is 9.47 Å². The molecule has 1 N–H and O–H groups in total. The molecular weight excluding hydrogens is 304 g/mol. The van der Waals surface area contributed by atoms with Gasteiger partial charge in [0.1, 0.15) is 17.1 Å². The number of amides is 1. The summed E-state index contributed by atoms with van der Waals surface area (Å²) in [6.07, 6.45) is 4.45. The van der Waals surface area contributed by atoms with E-state index in [1.165, 1.54) is 0 Å². The number of benzene rings is 1. The normalized spacial score (nSPS) is 18.2. The molecule has 1 amide bonds. The lowest BCUT2D eigenvalue weighted by molar-refractivity contribution is -0.121. The molecule has 1 aromatic carbocycles. The third kappa shape index (κ3) is 3.67. The summed E-state index contributed by atoms with van der Waals surface area (Å²) < 4.78 is 11.3. The lowest BCUT2D eigenvalue weighted by Gasteiger charge is -2.38. The van der Waals surface area contributed by atoms with Crippen molar-refractivity contribution >= 4 is 5.91 Å². The molecule has 0 saturated carbocycles. The molecule has 5 nitrogen and oxygen atoms in total. The lowest BCUT2D eigenvalue weighted by atomic mass is 9.89. The number of nitrogens with zero attached hydrogens (tertiary/aromatic N) is 1. The van der Waals surface area contributed by atoms with Crippen molar-refractivity contribution in [2.75, 3.05) is 7.11 Å². The highest BCUT2D eigenvalue weighted by Crippen LogP contribution is 2.41. The summed E-state index contributed by atoms with van der Waals surface area (Å²) in [4.78, 5) is 16.5. The van der Waals surface area contributed by atoms with E-state index in [0.717, 1.165) is 22.6 Å². The average molecular weight is 326 g/mol. The Morgan fingerprint density at radius 2 is 2.25 bits per heavy atom. The molecule has 0 radical (unpaired) electrons. The third-order valence-corrected chi connectivity index (χ3v) is 4.10. The summed E-state index contributed by atoms with van der Waals surface area (Å²) in [5, 5.41) is 3.13. The molecule has 5 heteroatoms. The Balaban J connectivity index is 1.79. The summed E-state index contributed by atoms with van der Waals surface area (Å²) in [6, 6.07) is 9.37. The topological polar surface area (TPSA) is 60.5 Å². The minimum absolute atomic E-state index is 0.0209. The van der Waals surface area contributed by atoms with Gasteiger partial charge in [-0.3, -0.25) is 9.78 Å². The number of pyridine rings is 1. The molecule has 0 bridgehead atoms. The molecule has 0 aliphatic carbocycles. The molecular formula is C19H22N2O3. The van der Waals surface area contributed by atoms with E-state index < -0.39 is 0 Å². The van der Waals surface area contributed by atoms with Gasteiger partial charge in [0.25, 0.3) is 0 Å². The molecule has 2 aromatic rings. The predicted molar refractivity (Wildman–Crippen MR) is 91.1 cm³/mol. The van der Waals surface area contributed by atoms with E-state index in [1.54, 1.807) is 19.5 Å². The van der Waals surface area contributed by atoms with Crippen LogP contribution in [0, 0.1) is 0 Å². The molecule has 0 spiro atoms. The van der Waals surface area contributed by atoms with Gasteiger partial charge in [0.15, 0.2) is 0 Å². The Bertz CT molecular complexity index is 729. The van der Waals surface area contributed by atoms with Gasteiger partial charge in [-0.05, 0) is 37.6 Å². The minimum atomic E-state index is -0.356. The predicted octanol–water partition coefficient (Wildman–Crippen LogP) is 3.05. The molecule has 1 aliphatic heterocycles. The van der Waals surface area contributed by atoms with Crippen LogP contribution in [0.4, 0.5) is 0 Å². The number of hydrogen-bond acceptors (Lipinski definition) is 4. The van der Waals surface area contributed by atoms with Crippen LogP contribution in [0.3, 0.4) is 0 Å². The second-order valence-electron chi connectivity index (χ2n) is 6.63. The molecule has 1 aliphatic rings. The van der Waals surface area contributed by atoms with E-state index in [2.05, 4.69) is 10.3 Å². The van der Waals surface area contributed by atoms with Crippen molar-refractivity contribution in [2.24, 2.45) is 0 Å². The van der Waals surface area contributed by atoms with Crippen LogP contribution in [0.25, 0.3) is 0 Å². The van der Waals surface area contributed by atoms with Crippen molar-refractivity contribution in [1.82, 2.24) is 10.3 Å². The Morgan fingerprint density at radius 1 is 1.42 bits per heavy atom. The molecule has 0 fully saturated rings. The monoisotopic (exact) mass is 326 g/mol. The van der Waals surface area contributed by atoms with E-state index in [1.807, 2.05) is 44.2 Å². The zero-order valence-corrected chi connectivity index (χ0v) is 14.2. The van der Waals surface area contributed by atoms with Crippen LogP contribution < -0.4 is 14.8 Å². The van der Waals surface area contributed by atoms with Crippen LogP contribution in [0.2, 0.25) is 0 Å². The van der Waals surface area contributed by atoms with E-state index in [9.17, 15) is 4.79 Å². The van der Waals surface area contributed by atoms with Gasteiger partial charge >= 0.3 is 0 Å². The van der Waals surface area contributed by atoms with Crippen LogP contribution in [-0.4, -0.2) is 23.6 Å². The first-order valence-corrected chi connectivity index (χ1v) is 8.02. The summed E-state index contributed by atoms with van der Waals surface area (Å²) >= 11 is 0. The SMILES string of the molecule is COc1ccc2c(c1)OC(C)(C)C[C@@H]2NC(=O)Cc1cccnc1. The van der Waals surface area contributed by atoms with Gasteiger partial charge < -0.3 is 14.8 Å². The highest BCUT2D eigenvalue weighted by molar-refractivity contribution is 5.79. The van der Waals surface area contributed by atoms with Gasteiger partial charge in [0.05, 0.1) is 19.6 Å². The highest BCUT2D eigenvalue weighted by Gasteiger charge is 2.34. The molecule has 126 valence electrons. The smallest absolute Gasteiger partial charge is 0.224 e. The number of nitrogens with one attached hydrogen (secondary N) is 1. The maximum absolute atomic E-state index is 12.4. The Hall–Kier alpha value is -2.56. The summed E-state index contributed by atoms with van der Waals surface area (Å²) in [5.74, 6) is 1.48. The molecule has 24 heavy (non-hydrogen) atoms. The fourth-order valence-corrected chi connectivity index (χ4v) is 3.02. The largest absolute Gasteiger partial charge is 0.497 e. The number of aromatic nitrogens is 1. The number of methoxy groups -OCH3 is 1. The zero-order valence-electron chi connectivity index (χ0n) is 14.2. The number of carbonyl (C=O) groups excluding carboxylic acids is 1. The number of ether oxygens (including phenoxy) is 2. The summed E-state index contributed by atoms with van der Waals surface area (Å²) in [5.41, 5.74) is 1.52. The maximum atomic E-state index is 12.4. The fraction of sp³-hybridized carbons (Fsp3) is 0.368. The van der Waals surface area contributed by atoms with Gasteiger partial charge in [0.2, 0.25) is 5.91 Å². The fourth-order valence-electron chi connectivity index (χ4n) is 3.02. The van der Waals surface area contributed by atoms with E-state index in [-0.39, 0.29) is 17.6 Å². The highest BCUT2D eigenvalue weighted by atomic mass is 16.5. The minimum Gasteiger partial charge on any atom is -0.497 e. The number of hydrogen-bond donors (Lipinski definition) is 1. The third-order valence-electron chi connectivity index (χ3n) is 4.10. The van der Waals surface area contributed by atoms with Crippen molar-refractivity contribution in [1.29, 1.82) is 0 Å². The molecule has 1 aromatic heterocycles. The first-order valence-electron chi connectivity index (χ1n) is 8.02. The van der Waals surface area contributed by atoms with Crippen LogP contribution in [0.15, 0.2) is 42.7 Å². The maximum Gasteiger partial charge on any atom is 0.224 e. The Labute approximate surface area is 142 Å². The van der Waals surface area contributed by atoms with Gasteiger partial charge in [-0.2, -0.15) is 0 Å². The van der Waals surface area contributed by atoms with Gasteiger partial charge in [0, 0.05) is 30.4 Å². The second-order valence-corrected chi connectivity index (χ2v) is 6.63. The first-order chi connectivity index (χ1) is 11.5. The van der Waals surface area contributed by atoms with Crippen molar-refractivity contribution in [2.45, 2.75) is 38.3 Å².